The molecule has 1 aliphatic carbocycles. The summed E-state index contributed by atoms with van der Waals surface area (Å²) < 4.78 is 0. The second kappa shape index (κ2) is 7.65. The van der Waals surface area contributed by atoms with Crippen LogP contribution in [0.3, 0.4) is 0 Å². The van der Waals surface area contributed by atoms with Crippen LogP contribution in [0.25, 0.3) is 0 Å². The van der Waals surface area contributed by atoms with Gasteiger partial charge in [0, 0.05) is 11.3 Å². The van der Waals surface area contributed by atoms with E-state index in [1.807, 2.05) is 11.8 Å². The predicted octanol–water partition coefficient (Wildman–Crippen LogP) is 3.56. The van der Waals surface area contributed by atoms with Crippen LogP contribution in [0.2, 0.25) is 0 Å². The lowest BCUT2D eigenvalue weighted by atomic mass is 9.94. The number of nitrogens with one attached hydrogen (secondary N) is 1. The van der Waals surface area contributed by atoms with Gasteiger partial charge in [0.2, 0.25) is 0 Å². The van der Waals surface area contributed by atoms with E-state index in [1.165, 1.54) is 12.8 Å². The Hall–Kier alpha value is -1.28. The van der Waals surface area contributed by atoms with E-state index in [9.17, 15) is 5.26 Å². The van der Waals surface area contributed by atoms with Crippen LogP contribution in [-0.2, 0) is 12.8 Å². The van der Waals surface area contributed by atoms with Crippen molar-refractivity contribution < 1.29 is 0 Å². The molecule has 1 aliphatic rings. The molecule has 1 heterocycles. The fourth-order valence-corrected chi connectivity index (χ4v) is 3.90. The number of anilines is 1. The number of rotatable bonds is 5. The predicted molar refractivity (Wildman–Crippen MR) is 88.7 cm³/mol. The quantitative estimate of drug-likeness (QED) is 0.901. The Morgan fingerprint density at radius 3 is 2.71 bits per heavy atom. The first-order valence-corrected chi connectivity index (χ1v) is 9.10. The molecule has 5 heteroatoms. The zero-order valence-corrected chi connectivity index (χ0v) is 14.0. The summed E-state index contributed by atoms with van der Waals surface area (Å²) in [5.41, 5.74) is 2.69. The molecule has 1 fully saturated rings. The molecule has 0 aliphatic heterocycles. The van der Waals surface area contributed by atoms with E-state index in [2.05, 4.69) is 41.7 Å². The van der Waals surface area contributed by atoms with Crippen LogP contribution in [0.5, 0.6) is 0 Å². The molecule has 2 rings (SSSR count). The van der Waals surface area contributed by atoms with Crippen molar-refractivity contribution in [3.8, 4) is 6.07 Å². The van der Waals surface area contributed by atoms with E-state index in [1.54, 1.807) is 0 Å². The minimum Gasteiger partial charge on any atom is -0.365 e. The van der Waals surface area contributed by atoms with Gasteiger partial charge in [0.1, 0.15) is 11.6 Å². The van der Waals surface area contributed by atoms with Crippen molar-refractivity contribution in [1.29, 1.82) is 5.26 Å². The maximum atomic E-state index is 9.52. The van der Waals surface area contributed by atoms with Crippen molar-refractivity contribution in [2.24, 2.45) is 0 Å². The Balaban J connectivity index is 2.22. The number of hydrogen-bond acceptors (Lipinski definition) is 5. The lowest BCUT2D eigenvalue weighted by molar-refractivity contribution is 0.472. The Bertz CT molecular complexity index is 524. The fraction of sp³-hybridized carbons (Fsp3) is 0.688. The van der Waals surface area contributed by atoms with Gasteiger partial charge in [-0.2, -0.15) is 22.1 Å². The van der Waals surface area contributed by atoms with Crippen LogP contribution in [-0.4, -0.2) is 27.7 Å². The topological polar surface area (TPSA) is 61.6 Å². The van der Waals surface area contributed by atoms with Gasteiger partial charge in [0.05, 0.1) is 5.69 Å². The summed E-state index contributed by atoms with van der Waals surface area (Å²) in [5.74, 6) is 0.679. The highest BCUT2D eigenvalue weighted by molar-refractivity contribution is 7.99. The summed E-state index contributed by atoms with van der Waals surface area (Å²) in [5, 5.41) is 22.3. The second-order valence-corrected chi connectivity index (χ2v) is 6.67. The molecule has 0 saturated heterocycles. The molecule has 0 amide bonds. The first-order valence-electron chi connectivity index (χ1n) is 7.81. The van der Waals surface area contributed by atoms with Crippen LogP contribution in [0.1, 0.15) is 56.4 Å². The van der Waals surface area contributed by atoms with Crippen LogP contribution in [0, 0.1) is 11.3 Å². The number of nitriles is 1. The third-order valence-corrected chi connectivity index (χ3v) is 5.35. The highest BCUT2D eigenvalue weighted by Crippen LogP contribution is 2.29. The maximum absolute atomic E-state index is 9.52. The molecule has 114 valence electrons. The largest absolute Gasteiger partial charge is 0.365 e. The minimum atomic E-state index is 0.412. The van der Waals surface area contributed by atoms with Gasteiger partial charge in [-0.05, 0) is 43.9 Å². The van der Waals surface area contributed by atoms with E-state index in [4.69, 9.17) is 0 Å². The SMILES string of the molecule is CCc1nnc(NC2CCCC(SC)C2)c(C#N)c1CC. The molecule has 2 atom stereocenters. The minimum absolute atomic E-state index is 0.412. The Morgan fingerprint density at radius 2 is 2.10 bits per heavy atom. The van der Waals surface area contributed by atoms with Crippen molar-refractivity contribution in [3.05, 3.63) is 16.8 Å². The van der Waals surface area contributed by atoms with E-state index < -0.39 is 0 Å². The normalized spacial score (nSPS) is 21.8. The van der Waals surface area contributed by atoms with E-state index in [-0.39, 0.29) is 0 Å². The molecular formula is C16H24N4S. The van der Waals surface area contributed by atoms with Crippen LogP contribution in [0.15, 0.2) is 0 Å². The number of aromatic nitrogens is 2. The summed E-state index contributed by atoms with van der Waals surface area (Å²) in [6.45, 7) is 4.13. The van der Waals surface area contributed by atoms with Crippen LogP contribution in [0.4, 0.5) is 5.82 Å². The zero-order chi connectivity index (χ0) is 15.2. The van der Waals surface area contributed by atoms with Gasteiger partial charge in [-0.15, -0.1) is 5.10 Å². The van der Waals surface area contributed by atoms with Crippen LogP contribution < -0.4 is 5.32 Å². The van der Waals surface area contributed by atoms with Crippen molar-refractivity contribution in [1.82, 2.24) is 10.2 Å². The number of aryl methyl sites for hydroxylation is 1. The molecule has 2 unspecified atom stereocenters. The number of nitrogens with zero attached hydrogens (tertiary/aromatic N) is 3. The molecule has 21 heavy (non-hydrogen) atoms. The zero-order valence-electron chi connectivity index (χ0n) is 13.1. The van der Waals surface area contributed by atoms with Gasteiger partial charge in [0.15, 0.2) is 5.82 Å². The van der Waals surface area contributed by atoms with Crippen molar-refractivity contribution in [2.45, 2.75) is 63.7 Å². The second-order valence-electron chi connectivity index (χ2n) is 5.53. The average molecular weight is 304 g/mol. The Kier molecular flexibility index (Phi) is 5.86. The van der Waals surface area contributed by atoms with Gasteiger partial charge in [-0.1, -0.05) is 20.3 Å². The van der Waals surface area contributed by atoms with E-state index in [0.717, 1.165) is 42.2 Å². The van der Waals surface area contributed by atoms with Gasteiger partial charge in [-0.25, -0.2) is 0 Å². The van der Waals surface area contributed by atoms with Crippen molar-refractivity contribution >= 4 is 17.6 Å². The van der Waals surface area contributed by atoms with Crippen molar-refractivity contribution in [3.63, 3.8) is 0 Å². The van der Waals surface area contributed by atoms with Gasteiger partial charge in [-0.3, -0.25) is 0 Å². The summed E-state index contributed by atoms with van der Waals surface area (Å²) in [4.78, 5) is 0. The molecule has 0 aromatic carbocycles. The molecule has 1 aromatic rings. The molecule has 1 N–H and O–H groups in total. The summed E-state index contributed by atoms with van der Waals surface area (Å²) in [6.07, 6.45) is 8.67. The fourth-order valence-electron chi connectivity index (χ4n) is 3.08. The van der Waals surface area contributed by atoms with E-state index in [0.29, 0.717) is 17.4 Å². The summed E-state index contributed by atoms with van der Waals surface area (Å²) in [6, 6.07) is 2.75. The Morgan fingerprint density at radius 1 is 1.29 bits per heavy atom. The Labute approximate surface area is 131 Å². The van der Waals surface area contributed by atoms with E-state index >= 15 is 0 Å². The smallest absolute Gasteiger partial charge is 0.167 e. The maximum Gasteiger partial charge on any atom is 0.167 e. The standard InChI is InChI=1S/C16H24N4S/c1-4-13-14(10-17)16(20-19-15(13)5-2)18-11-7-6-8-12(9-11)21-3/h11-12H,4-9H2,1-3H3,(H,18,20). The van der Waals surface area contributed by atoms with Gasteiger partial charge < -0.3 is 5.32 Å². The van der Waals surface area contributed by atoms with Crippen LogP contribution >= 0.6 is 11.8 Å². The molecule has 0 radical (unpaired) electrons. The number of hydrogen-bond donors (Lipinski definition) is 1. The first kappa shape index (κ1) is 16.1. The summed E-state index contributed by atoms with van der Waals surface area (Å²) >= 11 is 1.94. The molecule has 4 nitrogen and oxygen atoms in total. The molecule has 1 aromatic heterocycles. The average Bonchev–Trinajstić information content (AvgIpc) is 2.54. The summed E-state index contributed by atoms with van der Waals surface area (Å²) in [7, 11) is 0. The highest BCUT2D eigenvalue weighted by atomic mass is 32.2. The van der Waals surface area contributed by atoms with Gasteiger partial charge in [0.25, 0.3) is 0 Å². The lowest BCUT2D eigenvalue weighted by Gasteiger charge is -2.29. The van der Waals surface area contributed by atoms with Gasteiger partial charge >= 0.3 is 0 Å². The molecule has 0 spiro atoms. The first-order chi connectivity index (χ1) is 10.2. The monoisotopic (exact) mass is 304 g/mol. The van der Waals surface area contributed by atoms with Crippen molar-refractivity contribution in [2.75, 3.05) is 11.6 Å². The molecule has 0 bridgehead atoms. The number of thioether (sulfide) groups is 1. The molecular weight excluding hydrogens is 280 g/mol. The third kappa shape index (κ3) is 3.68. The third-order valence-electron chi connectivity index (χ3n) is 4.26. The lowest BCUT2D eigenvalue weighted by Crippen LogP contribution is -2.29. The highest BCUT2D eigenvalue weighted by Gasteiger charge is 2.23. The molecule has 1 saturated carbocycles.